The molecular formula is C19H32N6O. The Kier molecular flexibility index (Phi) is 6.32. The molecule has 0 aliphatic carbocycles. The SMILES string of the molecule is CN=C(NCc1ccc(N2CCN(C)CC2)nc1)NCC1(C)CCCO1. The maximum absolute atomic E-state index is 5.81. The van der Waals surface area contributed by atoms with Crippen LogP contribution >= 0.6 is 0 Å². The second-order valence-electron chi connectivity index (χ2n) is 7.50. The minimum Gasteiger partial charge on any atom is -0.373 e. The van der Waals surface area contributed by atoms with Gasteiger partial charge in [-0.1, -0.05) is 6.07 Å². The minimum atomic E-state index is -0.0800. The third-order valence-electron chi connectivity index (χ3n) is 5.25. The summed E-state index contributed by atoms with van der Waals surface area (Å²) in [6, 6.07) is 4.26. The first kappa shape index (κ1) is 18.9. The summed E-state index contributed by atoms with van der Waals surface area (Å²) in [5, 5.41) is 6.72. The van der Waals surface area contributed by atoms with E-state index in [0.29, 0.717) is 6.54 Å². The third-order valence-corrected chi connectivity index (χ3v) is 5.25. The van der Waals surface area contributed by atoms with Crippen LogP contribution in [-0.4, -0.2) is 74.9 Å². The van der Waals surface area contributed by atoms with E-state index in [1.807, 2.05) is 6.20 Å². The van der Waals surface area contributed by atoms with Gasteiger partial charge < -0.3 is 25.2 Å². The van der Waals surface area contributed by atoms with E-state index in [1.165, 1.54) is 0 Å². The van der Waals surface area contributed by atoms with Crippen molar-refractivity contribution in [3.05, 3.63) is 23.9 Å². The van der Waals surface area contributed by atoms with Crippen molar-refractivity contribution in [2.24, 2.45) is 4.99 Å². The van der Waals surface area contributed by atoms with Crippen LogP contribution in [0.2, 0.25) is 0 Å². The largest absolute Gasteiger partial charge is 0.373 e. The molecule has 1 atom stereocenters. The molecule has 1 unspecified atom stereocenters. The normalized spacial score (nSPS) is 24.7. The molecule has 7 nitrogen and oxygen atoms in total. The predicted molar refractivity (Wildman–Crippen MR) is 106 cm³/mol. The summed E-state index contributed by atoms with van der Waals surface area (Å²) in [7, 11) is 3.96. The van der Waals surface area contributed by atoms with Crippen LogP contribution in [-0.2, 0) is 11.3 Å². The van der Waals surface area contributed by atoms with Crippen molar-refractivity contribution in [1.82, 2.24) is 20.5 Å². The van der Waals surface area contributed by atoms with Crippen LogP contribution in [0.5, 0.6) is 0 Å². The van der Waals surface area contributed by atoms with Crippen molar-refractivity contribution >= 4 is 11.8 Å². The minimum absolute atomic E-state index is 0.0800. The molecule has 2 fully saturated rings. The number of aromatic nitrogens is 1. The average molecular weight is 361 g/mol. The van der Waals surface area contributed by atoms with E-state index in [4.69, 9.17) is 4.74 Å². The molecule has 2 saturated heterocycles. The lowest BCUT2D eigenvalue weighted by Crippen LogP contribution is -2.45. The van der Waals surface area contributed by atoms with E-state index in [0.717, 1.165) is 69.5 Å². The van der Waals surface area contributed by atoms with Crippen LogP contribution in [0.25, 0.3) is 0 Å². The zero-order valence-electron chi connectivity index (χ0n) is 16.3. The van der Waals surface area contributed by atoms with Crippen LogP contribution in [0.1, 0.15) is 25.3 Å². The smallest absolute Gasteiger partial charge is 0.191 e. The van der Waals surface area contributed by atoms with Crippen LogP contribution in [0.3, 0.4) is 0 Å². The van der Waals surface area contributed by atoms with Gasteiger partial charge in [0, 0.05) is 59.1 Å². The number of pyridine rings is 1. The Morgan fingerprint density at radius 1 is 1.27 bits per heavy atom. The van der Waals surface area contributed by atoms with Gasteiger partial charge in [0.25, 0.3) is 0 Å². The Morgan fingerprint density at radius 3 is 2.69 bits per heavy atom. The number of hydrogen-bond acceptors (Lipinski definition) is 5. The monoisotopic (exact) mass is 360 g/mol. The van der Waals surface area contributed by atoms with Gasteiger partial charge in [0.2, 0.25) is 0 Å². The highest BCUT2D eigenvalue weighted by Gasteiger charge is 2.29. The molecular weight excluding hydrogens is 328 g/mol. The first-order valence-electron chi connectivity index (χ1n) is 9.55. The number of likely N-dealkylation sites (N-methyl/N-ethyl adjacent to an activating group) is 1. The number of piperazine rings is 1. The number of anilines is 1. The molecule has 2 N–H and O–H groups in total. The molecule has 7 heteroatoms. The van der Waals surface area contributed by atoms with Crippen molar-refractivity contribution in [2.45, 2.75) is 31.9 Å². The molecule has 3 rings (SSSR count). The lowest BCUT2D eigenvalue weighted by atomic mass is 10.0. The average Bonchev–Trinajstić information content (AvgIpc) is 3.10. The summed E-state index contributed by atoms with van der Waals surface area (Å²) < 4.78 is 5.81. The van der Waals surface area contributed by atoms with E-state index < -0.39 is 0 Å². The van der Waals surface area contributed by atoms with Crippen molar-refractivity contribution in [1.29, 1.82) is 0 Å². The van der Waals surface area contributed by atoms with E-state index in [9.17, 15) is 0 Å². The molecule has 0 amide bonds. The molecule has 0 radical (unpaired) electrons. The Morgan fingerprint density at radius 2 is 2.08 bits per heavy atom. The molecule has 2 aliphatic heterocycles. The molecule has 0 bridgehead atoms. The molecule has 0 spiro atoms. The van der Waals surface area contributed by atoms with Crippen LogP contribution < -0.4 is 15.5 Å². The summed E-state index contributed by atoms with van der Waals surface area (Å²) in [6.45, 7) is 8.75. The molecule has 1 aromatic heterocycles. The first-order chi connectivity index (χ1) is 12.6. The van der Waals surface area contributed by atoms with Gasteiger partial charge in [-0.25, -0.2) is 4.98 Å². The van der Waals surface area contributed by atoms with Crippen LogP contribution in [0.4, 0.5) is 5.82 Å². The van der Waals surface area contributed by atoms with E-state index in [1.54, 1.807) is 7.05 Å². The fourth-order valence-electron chi connectivity index (χ4n) is 3.40. The fourth-order valence-corrected chi connectivity index (χ4v) is 3.40. The molecule has 0 aromatic carbocycles. The molecule has 26 heavy (non-hydrogen) atoms. The highest BCUT2D eigenvalue weighted by atomic mass is 16.5. The second kappa shape index (κ2) is 8.68. The van der Waals surface area contributed by atoms with Crippen molar-refractivity contribution in [3.8, 4) is 0 Å². The van der Waals surface area contributed by atoms with Gasteiger partial charge in [0.1, 0.15) is 5.82 Å². The van der Waals surface area contributed by atoms with Gasteiger partial charge in [-0.15, -0.1) is 0 Å². The van der Waals surface area contributed by atoms with Gasteiger partial charge in [-0.2, -0.15) is 0 Å². The molecule has 3 heterocycles. The number of ether oxygens (including phenoxy) is 1. The topological polar surface area (TPSA) is 65.0 Å². The first-order valence-corrected chi connectivity index (χ1v) is 9.55. The Hall–Kier alpha value is -1.86. The predicted octanol–water partition coefficient (Wildman–Crippen LogP) is 1.07. The fraction of sp³-hybridized carbons (Fsp3) is 0.684. The molecule has 0 saturated carbocycles. The zero-order chi connectivity index (χ0) is 18.4. The summed E-state index contributed by atoms with van der Waals surface area (Å²) >= 11 is 0. The Labute approximate surface area is 156 Å². The highest BCUT2D eigenvalue weighted by Crippen LogP contribution is 2.23. The van der Waals surface area contributed by atoms with Crippen molar-refractivity contribution in [2.75, 3.05) is 58.3 Å². The quantitative estimate of drug-likeness (QED) is 0.605. The molecule has 1 aromatic rings. The molecule has 2 aliphatic rings. The van der Waals surface area contributed by atoms with Crippen molar-refractivity contribution < 1.29 is 4.74 Å². The van der Waals surface area contributed by atoms with Crippen LogP contribution in [0.15, 0.2) is 23.3 Å². The maximum Gasteiger partial charge on any atom is 0.191 e. The molecule has 144 valence electrons. The van der Waals surface area contributed by atoms with Gasteiger partial charge in [-0.05, 0) is 38.4 Å². The summed E-state index contributed by atoms with van der Waals surface area (Å²) in [5.74, 6) is 1.86. The summed E-state index contributed by atoms with van der Waals surface area (Å²) in [4.78, 5) is 13.6. The Balaban J connectivity index is 1.46. The van der Waals surface area contributed by atoms with E-state index in [-0.39, 0.29) is 5.60 Å². The van der Waals surface area contributed by atoms with Gasteiger partial charge in [0.05, 0.1) is 5.60 Å². The Bertz CT molecular complexity index is 589. The summed E-state index contributed by atoms with van der Waals surface area (Å²) in [5.41, 5.74) is 1.07. The number of nitrogens with zero attached hydrogens (tertiary/aromatic N) is 4. The third kappa shape index (κ3) is 5.08. The zero-order valence-corrected chi connectivity index (χ0v) is 16.3. The lowest BCUT2D eigenvalue weighted by molar-refractivity contribution is 0.0243. The van der Waals surface area contributed by atoms with Gasteiger partial charge >= 0.3 is 0 Å². The standard InChI is InChI=1S/C19H32N6O/c1-19(7-4-12-26-19)15-23-18(20-2)22-14-16-5-6-17(21-13-16)25-10-8-24(3)9-11-25/h5-6,13H,4,7-12,14-15H2,1-3H3,(H2,20,22,23). The maximum atomic E-state index is 5.81. The van der Waals surface area contributed by atoms with Crippen molar-refractivity contribution in [3.63, 3.8) is 0 Å². The van der Waals surface area contributed by atoms with E-state index >= 15 is 0 Å². The second-order valence-corrected chi connectivity index (χ2v) is 7.50. The van der Waals surface area contributed by atoms with E-state index in [2.05, 4.69) is 56.5 Å². The number of guanidine groups is 1. The lowest BCUT2D eigenvalue weighted by Gasteiger charge is -2.33. The number of nitrogens with one attached hydrogen (secondary N) is 2. The number of hydrogen-bond donors (Lipinski definition) is 2. The van der Waals surface area contributed by atoms with Crippen LogP contribution in [0, 0.1) is 0 Å². The van der Waals surface area contributed by atoms with Gasteiger partial charge in [0.15, 0.2) is 5.96 Å². The summed E-state index contributed by atoms with van der Waals surface area (Å²) in [6.07, 6.45) is 4.18. The highest BCUT2D eigenvalue weighted by molar-refractivity contribution is 5.79. The van der Waals surface area contributed by atoms with Gasteiger partial charge in [-0.3, -0.25) is 4.99 Å². The number of aliphatic imine (C=N–C) groups is 1. The number of rotatable bonds is 5.